The number of benzene rings is 1. The van der Waals surface area contributed by atoms with E-state index in [0.29, 0.717) is 25.1 Å². The van der Waals surface area contributed by atoms with Crippen LogP contribution in [0.15, 0.2) is 24.3 Å². The summed E-state index contributed by atoms with van der Waals surface area (Å²) in [5.74, 6) is -0.479. The number of carbonyl (C=O) groups is 3. The molecule has 1 rings (SSSR count). The van der Waals surface area contributed by atoms with Crippen LogP contribution in [0.5, 0.6) is 0 Å². The minimum atomic E-state index is -0.508. The lowest BCUT2D eigenvalue weighted by molar-refractivity contribution is -0.130. The number of nitrogens with one attached hydrogen (secondary N) is 3. The van der Waals surface area contributed by atoms with Crippen molar-refractivity contribution in [3.63, 3.8) is 0 Å². The van der Waals surface area contributed by atoms with E-state index in [0.717, 1.165) is 31.5 Å². The van der Waals surface area contributed by atoms with Crippen LogP contribution in [0.3, 0.4) is 0 Å². The van der Waals surface area contributed by atoms with E-state index in [9.17, 15) is 14.4 Å². The number of hydrogen-bond donors (Lipinski definition) is 3. The Morgan fingerprint density at radius 3 is 2.36 bits per heavy atom. The molecular weight excluding hydrogens is 358 g/mol. The number of carbonyl (C=O) groups excluding carboxylic acids is 3. The van der Waals surface area contributed by atoms with Crippen LogP contribution >= 0.6 is 0 Å². The van der Waals surface area contributed by atoms with Crippen molar-refractivity contribution in [3.05, 3.63) is 29.8 Å². The molecule has 0 heterocycles. The fourth-order valence-corrected chi connectivity index (χ4v) is 2.59. The van der Waals surface area contributed by atoms with Crippen LogP contribution in [-0.2, 0) is 14.3 Å². The molecule has 1 aromatic rings. The SMILES string of the molecule is CCCNc1ccc(C(=O)NCCCC[C@H](NC(=O)COCC)C(C)=O)cc1. The first kappa shape index (κ1) is 23.6. The molecule has 0 saturated carbocycles. The number of Topliss-reactive ketones (excluding diaryl/α,β-unsaturated/α-hetero) is 1. The molecule has 7 nitrogen and oxygen atoms in total. The van der Waals surface area contributed by atoms with Crippen molar-refractivity contribution < 1.29 is 19.1 Å². The van der Waals surface area contributed by atoms with Crippen LogP contribution in [0, 0.1) is 0 Å². The van der Waals surface area contributed by atoms with Crippen molar-refractivity contribution in [2.24, 2.45) is 0 Å². The lowest BCUT2D eigenvalue weighted by Crippen LogP contribution is -2.41. The molecule has 0 aliphatic heterocycles. The van der Waals surface area contributed by atoms with Gasteiger partial charge in [0, 0.05) is 30.9 Å². The summed E-state index contributed by atoms with van der Waals surface area (Å²) >= 11 is 0. The molecule has 1 aromatic carbocycles. The lowest BCUT2D eigenvalue weighted by Gasteiger charge is -2.16. The summed E-state index contributed by atoms with van der Waals surface area (Å²) in [6, 6.07) is 6.88. The van der Waals surface area contributed by atoms with Gasteiger partial charge in [-0.1, -0.05) is 6.92 Å². The summed E-state index contributed by atoms with van der Waals surface area (Å²) in [6.07, 6.45) is 3.04. The molecule has 0 spiro atoms. The largest absolute Gasteiger partial charge is 0.385 e. The highest BCUT2D eigenvalue weighted by Crippen LogP contribution is 2.09. The molecule has 0 unspecified atom stereocenters. The van der Waals surface area contributed by atoms with E-state index in [2.05, 4.69) is 22.9 Å². The number of hydrogen-bond acceptors (Lipinski definition) is 5. The number of rotatable bonds is 14. The van der Waals surface area contributed by atoms with E-state index in [1.165, 1.54) is 6.92 Å². The number of unbranched alkanes of at least 4 members (excludes halogenated alkanes) is 1. The maximum Gasteiger partial charge on any atom is 0.251 e. The molecule has 0 aliphatic carbocycles. The van der Waals surface area contributed by atoms with Gasteiger partial charge in [-0.3, -0.25) is 14.4 Å². The molecule has 156 valence electrons. The average Bonchev–Trinajstić information content (AvgIpc) is 2.69. The second-order valence-corrected chi connectivity index (χ2v) is 6.62. The summed E-state index contributed by atoms with van der Waals surface area (Å²) in [5, 5.41) is 8.84. The van der Waals surface area contributed by atoms with Gasteiger partial charge in [0.15, 0.2) is 5.78 Å². The monoisotopic (exact) mass is 391 g/mol. The zero-order valence-electron chi connectivity index (χ0n) is 17.2. The molecule has 0 aromatic heterocycles. The molecule has 3 N–H and O–H groups in total. The summed E-state index contributed by atoms with van der Waals surface area (Å²) in [4.78, 5) is 35.5. The predicted octanol–water partition coefficient (Wildman–Crippen LogP) is 2.52. The highest BCUT2D eigenvalue weighted by molar-refractivity contribution is 5.94. The zero-order chi connectivity index (χ0) is 20.8. The van der Waals surface area contributed by atoms with Gasteiger partial charge in [-0.2, -0.15) is 0 Å². The van der Waals surface area contributed by atoms with E-state index < -0.39 is 6.04 Å². The standard InChI is InChI=1S/C21H33N3O4/c1-4-13-22-18-11-9-17(10-12-18)21(27)23-14-7-6-8-19(16(3)25)24-20(26)15-28-5-2/h9-12,19,22H,4-8,13-15H2,1-3H3,(H,23,27)(H,24,26)/t19-/m0/s1. The van der Waals surface area contributed by atoms with Crippen LogP contribution in [0.1, 0.15) is 56.8 Å². The Balaban J connectivity index is 2.29. The maximum atomic E-state index is 12.2. The summed E-state index contributed by atoms with van der Waals surface area (Å²) in [5.41, 5.74) is 1.62. The Morgan fingerprint density at radius 2 is 1.75 bits per heavy atom. The molecular formula is C21H33N3O4. The number of ether oxygens (including phenoxy) is 1. The second kappa shape index (κ2) is 13.7. The topological polar surface area (TPSA) is 96.5 Å². The third kappa shape index (κ3) is 9.50. The van der Waals surface area contributed by atoms with Crippen LogP contribution < -0.4 is 16.0 Å². The minimum Gasteiger partial charge on any atom is -0.385 e. The average molecular weight is 392 g/mol. The first-order valence-electron chi connectivity index (χ1n) is 9.97. The van der Waals surface area contributed by atoms with Gasteiger partial charge in [0.1, 0.15) is 6.61 Å². The van der Waals surface area contributed by atoms with Gasteiger partial charge in [0.05, 0.1) is 6.04 Å². The van der Waals surface area contributed by atoms with Gasteiger partial charge < -0.3 is 20.7 Å². The molecule has 7 heteroatoms. The van der Waals surface area contributed by atoms with Gasteiger partial charge in [-0.25, -0.2) is 0 Å². The Kier molecular flexibility index (Phi) is 11.6. The zero-order valence-corrected chi connectivity index (χ0v) is 17.2. The Labute approximate surface area is 167 Å². The Morgan fingerprint density at radius 1 is 1.04 bits per heavy atom. The second-order valence-electron chi connectivity index (χ2n) is 6.62. The molecule has 0 radical (unpaired) electrons. The van der Waals surface area contributed by atoms with E-state index >= 15 is 0 Å². The van der Waals surface area contributed by atoms with Gasteiger partial charge in [0.25, 0.3) is 5.91 Å². The molecule has 1 atom stereocenters. The molecule has 0 aliphatic rings. The predicted molar refractivity (Wildman–Crippen MR) is 111 cm³/mol. The minimum absolute atomic E-state index is 0.0386. The third-order valence-electron chi connectivity index (χ3n) is 4.19. The van der Waals surface area contributed by atoms with Crippen molar-refractivity contribution >= 4 is 23.3 Å². The summed E-state index contributed by atoms with van der Waals surface area (Å²) in [7, 11) is 0. The van der Waals surface area contributed by atoms with Crippen molar-refractivity contribution in [1.29, 1.82) is 0 Å². The van der Waals surface area contributed by atoms with Crippen molar-refractivity contribution in [2.75, 3.05) is 31.6 Å². The van der Waals surface area contributed by atoms with Crippen LogP contribution in [0.4, 0.5) is 5.69 Å². The van der Waals surface area contributed by atoms with Gasteiger partial charge in [-0.15, -0.1) is 0 Å². The summed E-state index contributed by atoms with van der Waals surface area (Å²) in [6.45, 7) is 7.21. The van der Waals surface area contributed by atoms with Gasteiger partial charge in [0.2, 0.25) is 5.91 Å². The summed E-state index contributed by atoms with van der Waals surface area (Å²) < 4.78 is 5.04. The third-order valence-corrected chi connectivity index (χ3v) is 4.19. The first-order chi connectivity index (χ1) is 13.5. The van der Waals surface area contributed by atoms with Gasteiger partial charge >= 0.3 is 0 Å². The van der Waals surface area contributed by atoms with Gasteiger partial charge in [-0.05, 0) is 63.8 Å². The van der Waals surface area contributed by atoms with E-state index in [1.54, 1.807) is 12.1 Å². The van der Waals surface area contributed by atoms with Crippen LogP contribution in [-0.4, -0.2) is 49.9 Å². The van der Waals surface area contributed by atoms with Crippen molar-refractivity contribution in [3.8, 4) is 0 Å². The van der Waals surface area contributed by atoms with E-state index in [4.69, 9.17) is 4.74 Å². The smallest absolute Gasteiger partial charge is 0.251 e. The fraction of sp³-hybridized carbons (Fsp3) is 0.571. The Hall–Kier alpha value is -2.41. The van der Waals surface area contributed by atoms with E-state index in [1.807, 2.05) is 19.1 Å². The van der Waals surface area contributed by atoms with Crippen molar-refractivity contribution in [2.45, 2.75) is 52.5 Å². The number of ketones is 1. The van der Waals surface area contributed by atoms with E-state index in [-0.39, 0.29) is 24.2 Å². The highest BCUT2D eigenvalue weighted by atomic mass is 16.5. The highest BCUT2D eigenvalue weighted by Gasteiger charge is 2.16. The molecule has 28 heavy (non-hydrogen) atoms. The molecule has 0 bridgehead atoms. The molecule has 0 saturated heterocycles. The first-order valence-corrected chi connectivity index (χ1v) is 9.97. The maximum absolute atomic E-state index is 12.2. The fourth-order valence-electron chi connectivity index (χ4n) is 2.59. The molecule has 2 amide bonds. The van der Waals surface area contributed by atoms with Crippen molar-refractivity contribution in [1.82, 2.24) is 10.6 Å². The van der Waals surface area contributed by atoms with Crippen LogP contribution in [0.25, 0.3) is 0 Å². The lowest BCUT2D eigenvalue weighted by atomic mass is 10.1. The number of amides is 2. The molecule has 0 fully saturated rings. The quantitative estimate of drug-likeness (QED) is 0.424. The van der Waals surface area contributed by atoms with Crippen LogP contribution in [0.2, 0.25) is 0 Å². The Bertz CT molecular complexity index is 617. The number of anilines is 1. The normalized spacial score (nSPS) is 11.5.